The van der Waals surface area contributed by atoms with Crippen molar-refractivity contribution in [1.82, 2.24) is 15.3 Å². The van der Waals surface area contributed by atoms with Crippen LogP contribution in [0.2, 0.25) is 0 Å². The van der Waals surface area contributed by atoms with Gasteiger partial charge in [0.1, 0.15) is 12.3 Å². The molecule has 2 aromatic heterocycles. The predicted molar refractivity (Wildman–Crippen MR) is 116 cm³/mol. The summed E-state index contributed by atoms with van der Waals surface area (Å²) < 4.78 is 5.51. The zero-order chi connectivity index (χ0) is 20.3. The number of carbonyl (C=O) groups is 1. The summed E-state index contributed by atoms with van der Waals surface area (Å²) in [5.41, 5.74) is 6.46. The van der Waals surface area contributed by atoms with E-state index in [-0.39, 0.29) is 12.5 Å². The lowest BCUT2D eigenvalue weighted by Gasteiger charge is -2.14. The number of alkyl carbamates (subject to hydrolysis) is 1. The second-order valence-corrected chi connectivity index (χ2v) is 7.08. The molecule has 5 nitrogen and oxygen atoms in total. The van der Waals surface area contributed by atoms with Gasteiger partial charge >= 0.3 is 6.09 Å². The van der Waals surface area contributed by atoms with Crippen molar-refractivity contribution in [3.63, 3.8) is 0 Å². The zero-order valence-corrected chi connectivity index (χ0v) is 16.2. The molecular weight excluding hydrogens is 374 g/mol. The van der Waals surface area contributed by atoms with Crippen molar-refractivity contribution in [2.75, 3.05) is 13.2 Å². The molecule has 0 radical (unpaired) electrons. The number of carbonyl (C=O) groups excluding carboxylic acids is 1. The minimum atomic E-state index is -0.466. The Balaban J connectivity index is 1.21. The molecule has 0 bridgehead atoms. The van der Waals surface area contributed by atoms with Crippen LogP contribution in [0.5, 0.6) is 0 Å². The number of benzene rings is 2. The molecule has 0 spiro atoms. The molecule has 0 saturated carbocycles. The highest BCUT2D eigenvalue weighted by Crippen LogP contribution is 2.44. The van der Waals surface area contributed by atoms with Crippen LogP contribution in [0.1, 0.15) is 22.6 Å². The predicted octanol–water partition coefficient (Wildman–Crippen LogP) is 4.45. The van der Waals surface area contributed by atoms with Gasteiger partial charge in [0.05, 0.1) is 12.1 Å². The summed E-state index contributed by atoms with van der Waals surface area (Å²) in [5, 5.41) is 3.67. The van der Waals surface area contributed by atoms with Gasteiger partial charge in [0, 0.05) is 23.7 Å². The third-order valence-corrected chi connectivity index (χ3v) is 5.34. The number of amides is 1. The summed E-state index contributed by atoms with van der Waals surface area (Å²) in [4.78, 5) is 19.5. The Hall–Kier alpha value is -4.04. The van der Waals surface area contributed by atoms with Crippen LogP contribution in [0.4, 0.5) is 4.79 Å². The summed E-state index contributed by atoms with van der Waals surface area (Å²) in [5.74, 6) is 6.06. The molecule has 30 heavy (non-hydrogen) atoms. The molecule has 1 aliphatic rings. The van der Waals surface area contributed by atoms with Gasteiger partial charge in [-0.2, -0.15) is 0 Å². The van der Waals surface area contributed by atoms with Crippen LogP contribution in [0.25, 0.3) is 22.2 Å². The number of hydrogen-bond donors (Lipinski definition) is 2. The van der Waals surface area contributed by atoms with Crippen molar-refractivity contribution in [3.8, 4) is 23.0 Å². The number of rotatable bonds is 3. The van der Waals surface area contributed by atoms with Gasteiger partial charge in [-0.05, 0) is 34.4 Å². The molecule has 4 aromatic rings. The van der Waals surface area contributed by atoms with Gasteiger partial charge in [-0.1, -0.05) is 60.4 Å². The van der Waals surface area contributed by atoms with Crippen LogP contribution in [0.3, 0.4) is 0 Å². The number of nitrogens with one attached hydrogen (secondary N) is 2. The third kappa shape index (κ3) is 3.29. The normalized spacial score (nSPS) is 12.0. The number of ether oxygens (including phenoxy) is 1. The molecule has 0 aliphatic heterocycles. The Labute approximate surface area is 174 Å². The molecule has 5 heteroatoms. The van der Waals surface area contributed by atoms with E-state index in [1.54, 1.807) is 6.20 Å². The van der Waals surface area contributed by atoms with Crippen molar-refractivity contribution in [3.05, 3.63) is 89.7 Å². The highest BCUT2D eigenvalue weighted by atomic mass is 16.5. The number of nitrogens with zero attached hydrogens (tertiary/aromatic N) is 1. The van der Waals surface area contributed by atoms with E-state index in [0.29, 0.717) is 6.61 Å². The topological polar surface area (TPSA) is 67.0 Å². The molecule has 0 fully saturated rings. The Bertz CT molecular complexity index is 1250. The molecule has 1 aliphatic carbocycles. The number of hydrogen-bond acceptors (Lipinski definition) is 3. The van der Waals surface area contributed by atoms with Gasteiger partial charge in [0.25, 0.3) is 0 Å². The molecule has 1 amide bonds. The van der Waals surface area contributed by atoms with Crippen molar-refractivity contribution >= 4 is 17.1 Å². The van der Waals surface area contributed by atoms with Gasteiger partial charge in [0.15, 0.2) is 0 Å². The highest BCUT2D eigenvalue weighted by molar-refractivity contribution is 5.83. The van der Waals surface area contributed by atoms with Crippen molar-refractivity contribution < 1.29 is 9.53 Å². The van der Waals surface area contributed by atoms with Crippen LogP contribution < -0.4 is 5.32 Å². The molecule has 2 aromatic carbocycles. The van der Waals surface area contributed by atoms with E-state index in [0.717, 1.165) is 16.6 Å². The number of pyridine rings is 1. The van der Waals surface area contributed by atoms with Crippen LogP contribution in [-0.4, -0.2) is 29.2 Å². The van der Waals surface area contributed by atoms with Crippen molar-refractivity contribution in [2.45, 2.75) is 5.92 Å². The standard InChI is InChI=1S/C25H19N3O2/c29-25(27-14-5-7-17-15-28-24-18(17)12-6-13-26-24)30-16-23-21-10-3-1-8-19(21)20-9-2-4-11-22(20)23/h1-4,6,8-13,15,23H,14,16H2,(H,26,28)(H,27,29). The van der Waals surface area contributed by atoms with Gasteiger partial charge in [0.2, 0.25) is 0 Å². The molecule has 146 valence electrons. The molecule has 0 atom stereocenters. The summed E-state index contributed by atoms with van der Waals surface area (Å²) in [6.07, 6.45) is 3.08. The maximum Gasteiger partial charge on any atom is 0.407 e. The maximum absolute atomic E-state index is 12.2. The zero-order valence-electron chi connectivity index (χ0n) is 16.2. The van der Waals surface area contributed by atoms with E-state index < -0.39 is 6.09 Å². The van der Waals surface area contributed by atoms with E-state index in [4.69, 9.17) is 4.74 Å². The van der Waals surface area contributed by atoms with Crippen molar-refractivity contribution in [2.24, 2.45) is 0 Å². The fourth-order valence-electron chi connectivity index (χ4n) is 3.96. The average molecular weight is 393 g/mol. The Morgan fingerprint density at radius 1 is 1.03 bits per heavy atom. The summed E-state index contributed by atoms with van der Waals surface area (Å²) in [7, 11) is 0. The van der Waals surface area contributed by atoms with Gasteiger partial charge in [-0.3, -0.25) is 0 Å². The van der Waals surface area contributed by atoms with Crippen LogP contribution in [-0.2, 0) is 4.74 Å². The minimum Gasteiger partial charge on any atom is -0.449 e. The second-order valence-electron chi connectivity index (χ2n) is 7.08. The first-order valence-corrected chi connectivity index (χ1v) is 9.81. The summed E-state index contributed by atoms with van der Waals surface area (Å²) >= 11 is 0. The second kappa shape index (κ2) is 7.76. The lowest BCUT2D eigenvalue weighted by Crippen LogP contribution is -2.26. The molecule has 0 unspecified atom stereocenters. The summed E-state index contributed by atoms with van der Waals surface area (Å²) in [6.45, 7) is 0.505. The first-order chi connectivity index (χ1) is 14.8. The first-order valence-electron chi connectivity index (χ1n) is 9.81. The van der Waals surface area contributed by atoms with Gasteiger partial charge < -0.3 is 15.0 Å². The molecule has 0 saturated heterocycles. The van der Waals surface area contributed by atoms with Crippen LogP contribution >= 0.6 is 0 Å². The molecular formula is C25H19N3O2. The average Bonchev–Trinajstić information content (AvgIpc) is 3.34. The number of H-pyrrole nitrogens is 1. The Morgan fingerprint density at radius 3 is 2.53 bits per heavy atom. The highest BCUT2D eigenvalue weighted by Gasteiger charge is 2.28. The minimum absolute atomic E-state index is 0.0490. The Morgan fingerprint density at radius 2 is 1.77 bits per heavy atom. The quantitative estimate of drug-likeness (QED) is 0.505. The fraction of sp³-hybridized carbons (Fsp3) is 0.120. The van der Waals surface area contributed by atoms with E-state index in [9.17, 15) is 4.79 Å². The fourth-order valence-corrected chi connectivity index (χ4v) is 3.96. The van der Waals surface area contributed by atoms with E-state index >= 15 is 0 Å². The van der Waals surface area contributed by atoms with E-state index in [2.05, 4.69) is 51.4 Å². The SMILES string of the molecule is O=C(NCC#Cc1c[nH]c2ncccc12)OCC1c2ccccc2-c2ccccc21. The maximum atomic E-state index is 12.2. The van der Waals surface area contributed by atoms with Gasteiger partial charge in [-0.15, -0.1) is 0 Å². The molecule has 5 rings (SSSR count). The summed E-state index contributed by atoms with van der Waals surface area (Å²) in [6, 6.07) is 20.4. The van der Waals surface area contributed by atoms with E-state index in [1.807, 2.05) is 42.6 Å². The van der Waals surface area contributed by atoms with Crippen molar-refractivity contribution in [1.29, 1.82) is 0 Å². The van der Waals surface area contributed by atoms with E-state index in [1.165, 1.54) is 22.3 Å². The number of aromatic nitrogens is 2. The van der Waals surface area contributed by atoms with Crippen LogP contribution in [0.15, 0.2) is 73.1 Å². The number of fused-ring (bicyclic) bond motifs is 4. The smallest absolute Gasteiger partial charge is 0.407 e. The first kappa shape index (κ1) is 18.0. The Kier molecular flexibility index (Phi) is 4.66. The third-order valence-electron chi connectivity index (χ3n) is 5.34. The monoisotopic (exact) mass is 393 g/mol. The number of aromatic amines is 1. The molecule has 2 heterocycles. The largest absolute Gasteiger partial charge is 0.449 e. The molecule has 2 N–H and O–H groups in total. The lowest BCUT2D eigenvalue weighted by molar-refractivity contribution is 0.144. The van der Waals surface area contributed by atoms with Crippen LogP contribution in [0, 0.1) is 11.8 Å². The van der Waals surface area contributed by atoms with Gasteiger partial charge in [-0.25, -0.2) is 9.78 Å². The lowest BCUT2D eigenvalue weighted by atomic mass is 9.98.